The van der Waals surface area contributed by atoms with Crippen molar-refractivity contribution < 1.29 is 32.9 Å². The van der Waals surface area contributed by atoms with Gasteiger partial charge in [0.05, 0.1) is 12.2 Å². The molecule has 0 aliphatic rings. The van der Waals surface area contributed by atoms with Crippen LogP contribution in [0.15, 0.2) is 66.7 Å². The normalized spacial score (nSPS) is 11.6. The fourth-order valence-corrected chi connectivity index (χ4v) is 4.32. The van der Waals surface area contributed by atoms with Gasteiger partial charge in [0.25, 0.3) is 0 Å². The van der Waals surface area contributed by atoms with E-state index in [2.05, 4.69) is 6.92 Å². The second kappa shape index (κ2) is 18.0. The Hall–Kier alpha value is -3.71. The lowest BCUT2D eigenvalue weighted by Gasteiger charge is -2.12. The minimum Gasteiger partial charge on any atom is -0.491 e. The summed E-state index contributed by atoms with van der Waals surface area (Å²) in [5.74, 6) is -0.776. The molecule has 6 nitrogen and oxygen atoms in total. The zero-order valence-corrected chi connectivity index (χ0v) is 25.0. The topological polar surface area (TPSA) is 71.1 Å². The number of hydrogen-bond acceptors (Lipinski definition) is 6. The summed E-state index contributed by atoms with van der Waals surface area (Å²) < 4.78 is 36.4. The van der Waals surface area contributed by atoms with Gasteiger partial charge in [0.15, 0.2) is 17.7 Å². The molecule has 0 bridgehead atoms. The molecular formula is C35H43FO6. The van der Waals surface area contributed by atoms with Gasteiger partial charge < -0.3 is 18.9 Å². The number of halogens is 1. The van der Waals surface area contributed by atoms with Crippen molar-refractivity contribution in [2.75, 3.05) is 13.2 Å². The number of carbonyl (C=O) groups is 2. The molecule has 0 saturated carbocycles. The van der Waals surface area contributed by atoms with Gasteiger partial charge in [0.2, 0.25) is 0 Å². The first kappa shape index (κ1) is 32.8. The third-order valence-electron chi connectivity index (χ3n) is 6.80. The van der Waals surface area contributed by atoms with Crippen molar-refractivity contribution in [1.82, 2.24) is 0 Å². The van der Waals surface area contributed by atoms with Crippen molar-refractivity contribution in [3.63, 3.8) is 0 Å². The van der Waals surface area contributed by atoms with Crippen LogP contribution in [-0.2, 0) is 9.53 Å². The number of hydrogen-bond donors (Lipinski definition) is 0. The summed E-state index contributed by atoms with van der Waals surface area (Å²) in [5.41, 5.74) is 1.89. The lowest BCUT2D eigenvalue weighted by atomic mass is 10.1. The molecule has 0 aromatic heterocycles. The fraction of sp³-hybridized carbons (Fsp3) is 0.429. The molecule has 3 rings (SSSR count). The van der Waals surface area contributed by atoms with E-state index in [9.17, 15) is 14.0 Å². The highest BCUT2D eigenvalue weighted by atomic mass is 19.1. The van der Waals surface area contributed by atoms with Crippen LogP contribution >= 0.6 is 0 Å². The van der Waals surface area contributed by atoms with Crippen LogP contribution in [0.25, 0.3) is 11.1 Å². The van der Waals surface area contributed by atoms with Crippen molar-refractivity contribution in [2.45, 2.75) is 84.7 Å². The maximum Gasteiger partial charge on any atom is 0.343 e. The monoisotopic (exact) mass is 578 g/mol. The maximum atomic E-state index is 14.6. The summed E-state index contributed by atoms with van der Waals surface area (Å²) in [4.78, 5) is 24.7. The zero-order valence-electron chi connectivity index (χ0n) is 25.0. The third-order valence-corrected chi connectivity index (χ3v) is 6.80. The van der Waals surface area contributed by atoms with E-state index in [0.717, 1.165) is 36.5 Å². The van der Waals surface area contributed by atoms with Gasteiger partial charge in [0.1, 0.15) is 11.5 Å². The summed E-state index contributed by atoms with van der Waals surface area (Å²) in [5, 5.41) is 0. The predicted octanol–water partition coefficient (Wildman–Crippen LogP) is 8.95. The van der Waals surface area contributed by atoms with Crippen LogP contribution in [0, 0.1) is 5.82 Å². The number of unbranched alkanes of at least 4 members (excludes halogenated alkanes) is 7. The van der Waals surface area contributed by atoms with Gasteiger partial charge in [-0.15, -0.1) is 0 Å². The van der Waals surface area contributed by atoms with Gasteiger partial charge in [-0.1, -0.05) is 83.1 Å². The van der Waals surface area contributed by atoms with Crippen LogP contribution in [-0.4, -0.2) is 31.3 Å². The second-order valence-corrected chi connectivity index (χ2v) is 10.3. The largest absolute Gasteiger partial charge is 0.491 e. The van der Waals surface area contributed by atoms with E-state index in [-0.39, 0.29) is 11.3 Å². The molecule has 0 unspecified atom stereocenters. The number of esters is 2. The molecule has 226 valence electrons. The highest BCUT2D eigenvalue weighted by Crippen LogP contribution is 2.26. The van der Waals surface area contributed by atoms with Crippen LogP contribution in [0.2, 0.25) is 0 Å². The Morgan fingerprint density at radius 1 is 0.690 bits per heavy atom. The van der Waals surface area contributed by atoms with Gasteiger partial charge in [-0.05, 0) is 73.4 Å². The molecule has 3 aromatic carbocycles. The molecule has 0 radical (unpaired) electrons. The molecule has 0 aliphatic carbocycles. The first-order valence-electron chi connectivity index (χ1n) is 15.1. The van der Waals surface area contributed by atoms with E-state index in [1.165, 1.54) is 50.7 Å². The SMILES string of the molecule is CCCCCCCCCCOc1ccc(C(=O)Oc2ccc(-c3ccc(OC(=O)[C@@H](C)OCCC)cc3)cc2)cc1F. The second-order valence-electron chi connectivity index (χ2n) is 10.3. The molecule has 0 fully saturated rings. The predicted molar refractivity (Wildman–Crippen MR) is 163 cm³/mol. The highest BCUT2D eigenvalue weighted by molar-refractivity contribution is 5.91. The number of ether oxygens (including phenoxy) is 4. The van der Waals surface area contributed by atoms with Crippen molar-refractivity contribution in [1.29, 1.82) is 0 Å². The molecule has 3 aromatic rings. The van der Waals surface area contributed by atoms with E-state index >= 15 is 0 Å². The number of benzene rings is 3. The van der Waals surface area contributed by atoms with Crippen LogP contribution < -0.4 is 14.2 Å². The van der Waals surface area contributed by atoms with E-state index in [1.54, 1.807) is 31.2 Å². The van der Waals surface area contributed by atoms with Crippen molar-refractivity contribution in [3.8, 4) is 28.4 Å². The van der Waals surface area contributed by atoms with E-state index < -0.39 is 23.9 Å². The standard InChI is InChI=1S/C35H43FO6/c1-4-6-7-8-9-10-11-12-24-40-33-22-17-29(25-32(33)36)35(38)42-31-20-15-28(16-21-31)27-13-18-30(19-14-27)41-34(37)26(3)39-23-5-2/h13-22,25-26H,4-12,23-24H2,1-3H3/t26-/m1/s1. The minimum absolute atomic E-state index is 0.107. The Morgan fingerprint density at radius 2 is 1.26 bits per heavy atom. The molecule has 0 amide bonds. The van der Waals surface area contributed by atoms with E-state index in [0.29, 0.717) is 24.7 Å². The van der Waals surface area contributed by atoms with Gasteiger partial charge >= 0.3 is 11.9 Å². The van der Waals surface area contributed by atoms with E-state index in [4.69, 9.17) is 18.9 Å². The molecular weight excluding hydrogens is 535 g/mol. The Labute approximate surface area is 249 Å². The summed E-state index contributed by atoms with van der Waals surface area (Å²) in [7, 11) is 0. The van der Waals surface area contributed by atoms with E-state index in [1.807, 2.05) is 31.2 Å². The zero-order chi connectivity index (χ0) is 30.2. The molecule has 0 saturated heterocycles. The fourth-order valence-electron chi connectivity index (χ4n) is 4.32. The van der Waals surface area contributed by atoms with Crippen molar-refractivity contribution in [2.24, 2.45) is 0 Å². The highest BCUT2D eigenvalue weighted by Gasteiger charge is 2.16. The van der Waals surface area contributed by atoms with Crippen LogP contribution in [0.4, 0.5) is 4.39 Å². The average molecular weight is 579 g/mol. The Kier molecular flexibility index (Phi) is 14.0. The summed E-state index contributed by atoms with van der Waals surface area (Å²) in [6, 6.07) is 18.2. The molecule has 0 aliphatic heterocycles. The quantitative estimate of drug-likeness (QED) is 0.0852. The Bertz CT molecular complexity index is 1240. The molecule has 0 spiro atoms. The maximum absolute atomic E-state index is 14.6. The first-order chi connectivity index (χ1) is 20.4. The Balaban J connectivity index is 1.45. The molecule has 42 heavy (non-hydrogen) atoms. The summed E-state index contributed by atoms with van der Waals surface area (Å²) in [6.45, 7) is 6.80. The van der Waals surface area contributed by atoms with Crippen LogP contribution in [0.5, 0.6) is 17.2 Å². The molecule has 1 atom stereocenters. The lowest BCUT2D eigenvalue weighted by molar-refractivity contribution is -0.146. The molecule has 7 heteroatoms. The van der Waals surface area contributed by atoms with Crippen LogP contribution in [0.3, 0.4) is 0 Å². The Morgan fingerprint density at radius 3 is 1.83 bits per heavy atom. The van der Waals surface area contributed by atoms with Crippen molar-refractivity contribution >= 4 is 11.9 Å². The summed E-state index contributed by atoms with van der Waals surface area (Å²) in [6.07, 6.45) is 9.64. The number of carbonyl (C=O) groups excluding carboxylic acids is 2. The van der Waals surface area contributed by atoms with Gasteiger partial charge in [-0.25, -0.2) is 14.0 Å². The third kappa shape index (κ3) is 10.9. The van der Waals surface area contributed by atoms with Gasteiger partial charge in [-0.3, -0.25) is 0 Å². The summed E-state index contributed by atoms with van der Waals surface area (Å²) >= 11 is 0. The van der Waals surface area contributed by atoms with Crippen molar-refractivity contribution in [3.05, 3.63) is 78.1 Å². The van der Waals surface area contributed by atoms with Gasteiger partial charge in [0, 0.05) is 6.61 Å². The number of rotatable bonds is 18. The van der Waals surface area contributed by atoms with Gasteiger partial charge in [-0.2, -0.15) is 0 Å². The smallest absolute Gasteiger partial charge is 0.343 e. The lowest BCUT2D eigenvalue weighted by Crippen LogP contribution is -2.26. The first-order valence-corrected chi connectivity index (χ1v) is 15.1. The minimum atomic E-state index is -0.653. The average Bonchev–Trinajstić information content (AvgIpc) is 3.00. The van der Waals surface area contributed by atoms with Crippen LogP contribution in [0.1, 0.15) is 88.9 Å². The molecule has 0 heterocycles. The molecule has 0 N–H and O–H groups in total.